The standard InChI is InChI=1S/C19H30N2O5/c1-12(17(23)25-15-6-5-7-15)10-14(11-13-8-9-20-16(13)22)21-18(24)26-19(2,3)4/h10,13-15H,5-9,11H2,1-4H3,(H,20,22)(H,21,24)/b12-10+/t13-,14+/m0/s1. The molecule has 0 bridgehead atoms. The molecule has 26 heavy (non-hydrogen) atoms. The lowest BCUT2D eigenvalue weighted by Gasteiger charge is -2.26. The highest BCUT2D eigenvalue weighted by Crippen LogP contribution is 2.23. The molecule has 2 aliphatic rings. The lowest BCUT2D eigenvalue weighted by atomic mass is 9.96. The third kappa shape index (κ3) is 6.35. The van der Waals surface area contributed by atoms with E-state index < -0.39 is 17.7 Å². The van der Waals surface area contributed by atoms with E-state index in [1.165, 1.54) is 0 Å². The molecule has 0 aromatic heterocycles. The molecule has 7 nitrogen and oxygen atoms in total. The molecule has 2 atom stereocenters. The van der Waals surface area contributed by atoms with Gasteiger partial charge in [-0.2, -0.15) is 0 Å². The second-order valence-electron chi connectivity index (χ2n) is 8.07. The summed E-state index contributed by atoms with van der Waals surface area (Å²) in [6.45, 7) is 7.64. The first kappa shape index (κ1) is 20.3. The SMILES string of the molecule is C/C(=C\[C@H](C[C@@H]1CCNC1=O)NC(=O)OC(C)(C)C)C(=O)OC1CCC1. The van der Waals surface area contributed by atoms with Crippen molar-refractivity contribution in [2.24, 2.45) is 5.92 Å². The van der Waals surface area contributed by atoms with Gasteiger partial charge in [0, 0.05) is 18.0 Å². The molecule has 1 aliphatic carbocycles. The summed E-state index contributed by atoms with van der Waals surface area (Å²) in [5.74, 6) is -0.590. The molecule has 2 fully saturated rings. The Morgan fingerprint density at radius 3 is 2.50 bits per heavy atom. The minimum Gasteiger partial charge on any atom is -0.459 e. The first-order valence-electron chi connectivity index (χ1n) is 9.30. The summed E-state index contributed by atoms with van der Waals surface area (Å²) in [4.78, 5) is 36.2. The van der Waals surface area contributed by atoms with Gasteiger partial charge in [-0.1, -0.05) is 6.08 Å². The molecule has 1 saturated heterocycles. The Kier molecular flexibility index (Phi) is 6.67. The Morgan fingerprint density at radius 2 is 2.00 bits per heavy atom. The summed E-state index contributed by atoms with van der Waals surface area (Å²) < 4.78 is 10.7. The fourth-order valence-corrected chi connectivity index (χ4v) is 2.91. The fraction of sp³-hybridized carbons (Fsp3) is 0.737. The Balaban J connectivity index is 2.02. The van der Waals surface area contributed by atoms with E-state index in [-0.39, 0.29) is 23.9 Å². The average Bonchev–Trinajstić information content (AvgIpc) is 2.85. The maximum absolute atomic E-state index is 12.2. The third-order valence-electron chi connectivity index (χ3n) is 4.50. The first-order valence-corrected chi connectivity index (χ1v) is 9.30. The van der Waals surface area contributed by atoms with Gasteiger partial charge in [0.25, 0.3) is 0 Å². The van der Waals surface area contributed by atoms with Crippen LogP contribution in [0, 0.1) is 5.92 Å². The van der Waals surface area contributed by atoms with Gasteiger partial charge in [-0.05, 0) is 59.8 Å². The number of amides is 2. The molecule has 0 radical (unpaired) electrons. The van der Waals surface area contributed by atoms with Gasteiger partial charge in [-0.15, -0.1) is 0 Å². The number of ether oxygens (including phenoxy) is 2. The van der Waals surface area contributed by atoms with Gasteiger partial charge in [0.1, 0.15) is 11.7 Å². The Morgan fingerprint density at radius 1 is 1.31 bits per heavy atom. The van der Waals surface area contributed by atoms with Crippen LogP contribution in [0.15, 0.2) is 11.6 Å². The van der Waals surface area contributed by atoms with Crippen molar-refractivity contribution in [2.45, 2.75) is 77.5 Å². The predicted octanol–water partition coefficient (Wildman–Crippen LogP) is 2.45. The zero-order valence-electron chi connectivity index (χ0n) is 16.1. The quantitative estimate of drug-likeness (QED) is 0.556. The van der Waals surface area contributed by atoms with Gasteiger partial charge in [0.15, 0.2) is 0 Å². The minimum absolute atomic E-state index is 0.00345. The van der Waals surface area contributed by atoms with Gasteiger partial charge < -0.3 is 20.1 Å². The molecule has 0 aromatic rings. The van der Waals surface area contributed by atoms with Crippen LogP contribution in [0.25, 0.3) is 0 Å². The normalized spacial score (nSPS) is 22.2. The van der Waals surface area contributed by atoms with Crippen LogP contribution in [-0.4, -0.2) is 42.3 Å². The monoisotopic (exact) mass is 366 g/mol. The Bertz CT molecular complexity index is 575. The van der Waals surface area contributed by atoms with Gasteiger partial charge in [0.05, 0.1) is 6.04 Å². The van der Waals surface area contributed by atoms with E-state index in [9.17, 15) is 14.4 Å². The van der Waals surface area contributed by atoms with Crippen LogP contribution in [0.2, 0.25) is 0 Å². The summed E-state index contributed by atoms with van der Waals surface area (Å²) in [7, 11) is 0. The highest BCUT2D eigenvalue weighted by atomic mass is 16.6. The molecule has 2 rings (SSSR count). The van der Waals surface area contributed by atoms with E-state index >= 15 is 0 Å². The van der Waals surface area contributed by atoms with Gasteiger partial charge >= 0.3 is 12.1 Å². The number of hydrogen-bond donors (Lipinski definition) is 2. The molecule has 2 amide bonds. The second-order valence-corrected chi connectivity index (χ2v) is 8.07. The van der Waals surface area contributed by atoms with Crippen molar-refractivity contribution in [3.05, 3.63) is 11.6 Å². The molecule has 0 unspecified atom stereocenters. The van der Waals surface area contributed by atoms with Gasteiger partial charge in [-0.3, -0.25) is 4.79 Å². The number of nitrogens with one attached hydrogen (secondary N) is 2. The lowest BCUT2D eigenvalue weighted by molar-refractivity contribution is -0.148. The predicted molar refractivity (Wildman–Crippen MR) is 96.4 cm³/mol. The number of rotatable bonds is 6. The molecule has 1 saturated carbocycles. The van der Waals surface area contributed by atoms with Crippen molar-refractivity contribution in [2.75, 3.05) is 6.54 Å². The van der Waals surface area contributed by atoms with Crippen molar-refractivity contribution in [1.29, 1.82) is 0 Å². The van der Waals surface area contributed by atoms with Crippen LogP contribution in [-0.2, 0) is 19.1 Å². The molecule has 1 aliphatic heterocycles. The number of hydrogen-bond acceptors (Lipinski definition) is 5. The number of alkyl carbamates (subject to hydrolysis) is 1. The van der Waals surface area contributed by atoms with Crippen LogP contribution in [0.5, 0.6) is 0 Å². The van der Waals surface area contributed by atoms with Crippen molar-refractivity contribution in [3.63, 3.8) is 0 Å². The summed E-state index contributed by atoms with van der Waals surface area (Å²) in [5, 5.41) is 5.55. The summed E-state index contributed by atoms with van der Waals surface area (Å²) in [6, 6.07) is -0.479. The lowest BCUT2D eigenvalue weighted by Crippen LogP contribution is -2.40. The molecule has 2 N–H and O–H groups in total. The number of carbonyl (C=O) groups is 3. The van der Waals surface area contributed by atoms with E-state index in [0.717, 1.165) is 19.3 Å². The summed E-state index contributed by atoms with van der Waals surface area (Å²) in [5.41, 5.74) is -0.197. The topological polar surface area (TPSA) is 93.7 Å². The maximum atomic E-state index is 12.2. The van der Waals surface area contributed by atoms with Gasteiger partial charge in [0.2, 0.25) is 5.91 Å². The number of esters is 1. The minimum atomic E-state index is -0.624. The van der Waals surface area contributed by atoms with Crippen LogP contribution >= 0.6 is 0 Å². The average molecular weight is 366 g/mol. The Hall–Kier alpha value is -2.05. The van der Waals surface area contributed by atoms with Crippen molar-refractivity contribution >= 4 is 18.0 Å². The fourth-order valence-electron chi connectivity index (χ4n) is 2.91. The largest absolute Gasteiger partial charge is 0.459 e. The third-order valence-corrected chi connectivity index (χ3v) is 4.50. The van der Waals surface area contributed by atoms with E-state index in [1.54, 1.807) is 33.8 Å². The molecule has 0 aromatic carbocycles. The van der Waals surface area contributed by atoms with E-state index in [1.807, 2.05) is 0 Å². The maximum Gasteiger partial charge on any atom is 0.408 e. The van der Waals surface area contributed by atoms with Crippen LogP contribution in [0.3, 0.4) is 0 Å². The van der Waals surface area contributed by atoms with Crippen molar-refractivity contribution < 1.29 is 23.9 Å². The van der Waals surface area contributed by atoms with Crippen molar-refractivity contribution in [3.8, 4) is 0 Å². The highest BCUT2D eigenvalue weighted by molar-refractivity contribution is 5.88. The zero-order chi connectivity index (χ0) is 19.3. The smallest absolute Gasteiger partial charge is 0.408 e. The van der Waals surface area contributed by atoms with E-state index in [2.05, 4.69) is 10.6 Å². The number of carbonyl (C=O) groups excluding carboxylic acids is 3. The Labute approximate surface area is 154 Å². The van der Waals surface area contributed by atoms with Crippen LogP contribution < -0.4 is 10.6 Å². The van der Waals surface area contributed by atoms with Crippen LogP contribution in [0.1, 0.15) is 59.8 Å². The molecule has 0 spiro atoms. The van der Waals surface area contributed by atoms with Crippen molar-refractivity contribution in [1.82, 2.24) is 10.6 Å². The molecule has 146 valence electrons. The molecular weight excluding hydrogens is 336 g/mol. The van der Waals surface area contributed by atoms with Crippen LogP contribution in [0.4, 0.5) is 4.79 Å². The first-order chi connectivity index (χ1) is 12.1. The molecule has 7 heteroatoms. The molecule has 1 heterocycles. The summed E-state index contributed by atoms with van der Waals surface area (Å²) in [6.07, 6.45) is 5.11. The highest BCUT2D eigenvalue weighted by Gasteiger charge is 2.29. The van der Waals surface area contributed by atoms with E-state index in [0.29, 0.717) is 25.0 Å². The molecular formula is C19H30N2O5. The second kappa shape index (κ2) is 8.56. The van der Waals surface area contributed by atoms with Gasteiger partial charge in [-0.25, -0.2) is 9.59 Å². The zero-order valence-corrected chi connectivity index (χ0v) is 16.1. The summed E-state index contributed by atoms with van der Waals surface area (Å²) >= 11 is 0. The van der Waals surface area contributed by atoms with E-state index in [4.69, 9.17) is 9.47 Å².